The first-order valence-electron chi connectivity index (χ1n) is 8.19. The van der Waals surface area contributed by atoms with Crippen LogP contribution < -0.4 is 15.5 Å². The van der Waals surface area contributed by atoms with Crippen molar-refractivity contribution in [1.82, 2.24) is 15.2 Å². The van der Waals surface area contributed by atoms with Gasteiger partial charge in [-0.15, -0.1) is 5.10 Å². The highest BCUT2D eigenvalue weighted by Crippen LogP contribution is 2.18. The Morgan fingerprint density at radius 3 is 2.42 bits per heavy atom. The average molecular weight is 348 g/mol. The van der Waals surface area contributed by atoms with Gasteiger partial charge in [-0.05, 0) is 29.8 Å². The van der Waals surface area contributed by atoms with Gasteiger partial charge in [-0.25, -0.2) is 0 Å². The lowest BCUT2D eigenvalue weighted by atomic mass is 10.2. The maximum absolute atomic E-state index is 11.1. The number of carbonyl (C=O) groups is 1. The molecule has 0 unspecified atom stereocenters. The van der Waals surface area contributed by atoms with Crippen LogP contribution >= 0.6 is 0 Å². The predicted molar refractivity (Wildman–Crippen MR) is 102 cm³/mol. The summed E-state index contributed by atoms with van der Waals surface area (Å²) in [6.07, 6.45) is 1.57. The molecule has 1 heterocycles. The number of hydrogen-bond acceptors (Lipinski definition) is 6. The van der Waals surface area contributed by atoms with Crippen LogP contribution in [-0.4, -0.2) is 28.1 Å². The summed E-state index contributed by atoms with van der Waals surface area (Å²) in [5, 5.41) is 14.1. The van der Waals surface area contributed by atoms with E-state index in [0.29, 0.717) is 18.3 Å². The highest BCUT2D eigenvalue weighted by atomic mass is 16.1. The van der Waals surface area contributed by atoms with Crippen molar-refractivity contribution in [2.75, 3.05) is 22.6 Å². The standard InChI is InChI=1S/C19H20N6O/c1-14(26)21-16-8-10-17(11-9-16)22-18-12-20-24-19(23-18)25(2)13-15-6-4-3-5-7-15/h3-12H,13H2,1-2H3,(H,21,26)(H,22,23,24). The number of amides is 1. The molecule has 7 nitrogen and oxygen atoms in total. The zero-order chi connectivity index (χ0) is 18.4. The molecule has 1 amide bonds. The molecule has 0 bridgehead atoms. The Kier molecular flexibility index (Phi) is 5.38. The van der Waals surface area contributed by atoms with Gasteiger partial charge in [-0.2, -0.15) is 10.1 Å². The lowest BCUT2D eigenvalue weighted by Gasteiger charge is -2.17. The minimum atomic E-state index is -0.100. The number of benzene rings is 2. The van der Waals surface area contributed by atoms with Gasteiger partial charge in [0.25, 0.3) is 0 Å². The molecule has 0 fully saturated rings. The van der Waals surface area contributed by atoms with Crippen LogP contribution in [0, 0.1) is 0 Å². The second-order valence-corrected chi connectivity index (χ2v) is 5.87. The normalized spacial score (nSPS) is 10.2. The monoisotopic (exact) mass is 348 g/mol. The predicted octanol–water partition coefficient (Wildman–Crippen LogP) is 3.21. The maximum atomic E-state index is 11.1. The molecule has 0 aliphatic carbocycles. The van der Waals surface area contributed by atoms with Crippen LogP contribution in [-0.2, 0) is 11.3 Å². The van der Waals surface area contributed by atoms with Crippen molar-refractivity contribution < 1.29 is 4.79 Å². The van der Waals surface area contributed by atoms with E-state index in [-0.39, 0.29) is 5.91 Å². The van der Waals surface area contributed by atoms with Gasteiger partial charge in [0.05, 0.1) is 6.20 Å². The minimum Gasteiger partial charge on any atom is -0.339 e. The molecule has 0 spiro atoms. The molecular weight excluding hydrogens is 328 g/mol. The fourth-order valence-electron chi connectivity index (χ4n) is 2.43. The SMILES string of the molecule is CC(=O)Nc1ccc(Nc2cnnc(N(C)Cc3ccccc3)n2)cc1. The molecule has 7 heteroatoms. The van der Waals surface area contributed by atoms with E-state index >= 15 is 0 Å². The lowest BCUT2D eigenvalue weighted by molar-refractivity contribution is -0.114. The third kappa shape index (κ3) is 4.76. The molecule has 26 heavy (non-hydrogen) atoms. The zero-order valence-corrected chi connectivity index (χ0v) is 14.7. The molecule has 3 aromatic rings. The molecule has 2 aromatic carbocycles. The van der Waals surface area contributed by atoms with E-state index < -0.39 is 0 Å². The molecule has 0 saturated carbocycles. The van der Waals surface area contributed by atoms with Gasteiger partial charge in [0.1, 0.15) is 0 Å². The third-order valence-electron chi connectivity index (χ3n) is 3.63. The summed E-state index contributed by atoms with van der Waals surface area (Å²) in [5.41, 5.74) is 2.76. The highest BCUT2D eigenvalue weighted by Gasteiger charge is 2.07. The Hall–Kier alpha value is -3.48. The van der Waals surface area contributed by atoms with Crippen LogP contribution in [0.2, 0.25) is 0 Å². The first kappa shape index (κ1) is 17.3. The molecule has 132 valence electrons. The van der Waals surface area contributed by atoms with Crippen LogP contribution in [0.3, 0.4) is 0 Å². The Labute approximate surface area is 152 Å². The quantitative estimate of drug-likeness (QED) is 0.712. The van der Waals surface area contributed by atoms with Gasteiger partial charge in [-0.1, -0.05) is 30.3 Å². The van der Waals surface area contributed by atoms with E-state index in [1.165, 1.54) is 12.5 Å². The fraction of sp³-hybridized carbons (Fsp3) is 0.158. The molecule has 0 aliphatic heterocycles. The Bertz CT molecular complexity index is 867. The summed E-state index contributed by atoms with van der Waals surface area (Å²) in [5.74, 6) is 1.03. The maximum Gasteiger partial charge on any atom is 0.247 e. The van der Waals surface area contributed by atoms with Crippen LogP contribution in [0.15, 0.2) is 60.8 Å². The minimum absolute atomic E-state index is 0.100. The summed E-state index contributed by atoms with van der Waals surface area (Å²) < 4.78 is 0. The lowest BCUT2D eigenvalue weighted by Crippen LogP contribution is -2.19. The Morgan fingerprint density at radius 2 is 1.73 bits per heavy atom. The summed E-state index contributed by atoms with van der Waals surface area (Å²) in [6, 6.07) is 17.5. The van der Waals surface area contributed by atoms with E-state index in [0.717, 1.165) is 11.4 Å². The second kappa shape index (κ2) is 8.06. The average Bonchev–Trinajstić information content (AvgIpc) is 2.64. The molecule has 0 aliphatic rings. The number of nitrogens with one attached hydrogen (secondary N) is 2. The second-order valence-electron chi connectivity index (χ2n) is 5.87. The van der Waals surface area contributed by atoms with Crippen molar-refractivity contribution >= 4 is 29.0 Å². The third-order valence-corrected chi connectivity index (χ3v) is 3.63. The number of carbonyl (C=O) groups excluding carboxylic acids is 1. The van der Waals surface area contributed by atoms with Crippen LogP contribution in [0.4, 0.5) is 23.1 Å². The van der Waals surface area contributed by atoms with E-state index in [1.807, 2.05) is 54.4 Å². The number of hydrogen-bond donors (Lipinski definition) is 2. The van der Waals surface area contributed by atoms with Gasteiger partial charge in [0, 0.05) is 31.9 Å². The molecule has 2 N–H and O–H groups in total. The molecular formula is C19H20N6O. The largest absolute Gasteiger partial charge is 0.339 e. The highest BCUT2D eigenvalue weighted by molar-refractivity contribution is 5.88. The van der Waals surface area contributed by atoms with Gasteiger partial charge >= 0.3 is 0 Å². The molecule has 0 atom stereocenters. The van der Waals surface area contributed by atoms with Crippen molar-refractivity contribution in [3.05, 3.63) is 66.4 Å². The molecule has 3 rings (SSSR count). The van der Waals surface area contributed by atoms with E-state index in [2.05, 4.69) is 37.9 Å². The van der Waals surface area contributed by atoms with Crippen molar-refractivity contribution in [3.8, 4) is 0 Å². The van der Waals surface area contributed by atoms with E-state index in [9.17, 15) is 4.79 Å². The summed E-state index contributed by atoms with van der Waals surface area (Å²) >= 11 is 0. The number of aromatic nitrogens is 3. The molecule has 0 radical (unpaired) electrons. The molecule has 1 aromatic heterocycles. The molecule has 0 saturated heterocycles. The Morgan fingerprint density at radius 1 is 1.04 bits per heavy atom. The van der Waals surface area contributed by atoms with Gasteiger partial charge < -0.3 is 15.5 Å². The van der Waals surface area contributed by atoms with E-state index in [4.69, 9.17) is 0 Å². The van der Waals surface area contributed by atoms with E-state index in [1.54, 1.807) is 6.20 Å². The Balaban J connectivity index is 1.68. The summed E-state index contributed by atoms with van der Waals surface area (Å²) in [4.78, 5) is 17.5. The van der Waals surface area contributed by atoms with Crippen LogP contribution in [0.1, 0.15) is 12.5 Å². The van der Waals surface area contributed by atoms with Crippen LogP contribution in [0.5, 0.6) is 0 Å². The van der Waals surface area contributed by atoms with Crippen molar-refractivity contribution in [2.24, 2.45) is 0 Å². The zero-order valence-electron chi connectivity index (χ0n) is 14.7. The number of nitrogens with zero attached hydrogens (tertiary/aromatic N) is 4. The first-order valence-corrected chi connectivity index (χ1v) is 8.19. The first-order chi connectivity index (χ1) is 12.6. The number of anilines is 4. The van der Waals surface area contributed by atoms with Gasteiger partial charge in [0.15, 0.2) is 5.82 Å². The number of rotatable bonds is 6. The summed E-state index contributed by atoms with van der Waals surface area (Å²) in [6.45, 7) is 2.17. The van der Waals surface area contributed by atoms with Crippen molar-refractivity contribution in [3.63, 3.8) is 0 Å². The topological polar surface area (TPSA) is 83.0 Å². The fourth-order valence-corrected chi connectivity index (χ4v) is 2.43. The van der Waals surface area contributed by atoms with Crippen molar-refractivity contribution in [1.29, 1.82) is 0 Å². The summed E-state index contributed by atoms with van der Waals surface area (Å²) in [7, 11) is 1.93. The van der Waals surface area contributed by atoms with Gasteiger partial charge in [-0.3, -0.25) is 4.79 Å². The van der Waals surface area contributed by atoms with Crippen LogP contribution in [0.25, 0.3) is 0 Å². The van der Waals surface area contributed by atoms with Crippen molar-refractivity contribution in [2.45, 2.75) is 13.5 Å². The smallest absolute Gasteiger partial charge is 0.247 e. The van der Waals surface area contributed by atoms with Gasteiger partial charge in [0.2, 0.25) is 11.9 Å².